The van der Waals surface area contributed by atoms with Gasteiger partial charge < -0.3 is 4.90 Å². The maximum atomic E-state index is 13.5. The Kier molecular flexibility index (Phi) is 4.99. The van der Waals surface area contributed by atoms with Crippen molar-refractivity contribution in [2.75, 3.05) is 0 Å². The Morgan fingerprint density at radius 1 is 1.33 bits per heavy atom. The van der Waals surface area contributed by atoms with Crippen molar-refractivity contribution >= 4 is 5.91 Å². The van der Waals surface area contributed by atoms with Crippen LogP contribution in [0.15, 0.2) is 24.3 Å². The summed E-state index contributed by atoms with van der Waals surface area (Å²) in [6.45, 7) is 8.37. The highest BCUT2D eigenvalue weighted by molar-refractivity contribution is 5.84. The lowest BCUT2D eigenvalue weighted by atomic mass is 10.0. The summed E-state index contributed by atoms with van der Waals surface area (Å²) in [7, 11) is 0. The van der Waals surface area contributed by atoms with Crippen LogP contribution in [0.2, 0.25) is 0 Å². The Balaban J connectivity index is 2.30. The van der Waals surface area contributed by atoms with Crippen LogP contribution in [0, 0.1) is 11.7 Å². The number of hydrogen-bond donors (Lipinski definition) is 1. The van der Waals surface area contributed by atoms with Gasteiger partial charge in [0.2, 0.25) is 5.91 Å². The average Bonchev–Trinajstić information content (AvgIpc) is 2.75. The van der Waals surface area contributed by atoms with Crippen molar-refractivity contribution in [3.8, 4) is 0 Å². The van der Waals surface area contributed by atoms with Gasteiger partial charge >= 0.3 is 0 Å². The molecule has 4 heteroatoms. The molecule has 1 heterocycles. The molecule has 1 saturated heterocycles. The van der Waals surface area contributed by atoms with Gasteiger partial charge in [-0.3, -0.25) is 10.1 Å². The van der Waals surface area contributed by atoms with Crippen LogP contribution in [-0.2, 0) is 4.79 Å². The number of amides is 1. The fraction of sp³-hybridized carbons (Fsp3) is 0.588. The monoisotopic (exact) mass is 292 g/mol. The quantitative estimate of drug-likeness (QED) is 0.901. The van der Waals surface area contributed by atoms with Crippen LogP contribution in [0.1, 0.15) is 52.3 Å². The smallest absolute Gasteiger partial charge is 0.241 e. The molecule has 3 nitrogen and oxygen atoms in total. The lowest BCUT2D eigenvalue weighted by Crippen LogP contribution is -2.39. The summed E-state index contributed by atoms with van der Waals surface area (Å²) in [5.74, 6) is 0.375. The van der Waals surface area contributed by atoms with Gasteiger partial charge in [0.15, 0.2) is 0 Å². The SMILES string of the molecule is CCC1NC(c2cccc(F)c2)N(C(C)CC(C)C)C1=O. The topological polar surface area (TPSA) is 32.3 Å². The second-order valence-electron chi connectivity index (χ2n) is 6.31. The van der Waals surface area contributed by atoms with E-state index in [1.807, 2.05) is 17.9 Å². The third kappa shape index (κ3) is 3.43. The van der Waals surface area contributed by atoms with E-state index in [0.717, 1.165) is 18.4 Å². The number of hydrogen-bond acceptors (Lipinski definition) is 2. The molecule has 1 N–H and O–H groups in total. The fourth-order valence-corrected chi connectivity index (χ4v) is 3.14. The van der Waals surface area contributed by atoms with Crippen molar-refractivity contribution in [2.45, 2.75) is 58.8 Å². The highest BCUT2D eigenvalue weighted by Crippen LogP contribution is 2.30. The maximum Gasteiger partial charge on any atom is 0.241 e. The Hall–Kier alpha value is -1.42. The Morgan fingerprint density at radius 3 is 2.62 bits per heavy atom. The third-order valence-electron chi connectivity index (χ3n) is 4.05. The molecule has 1 fully saturated rings. The maximum absolute atomic E-state index is 13.5. The van der Waals surface area contributed by atoms with Gasteiger partial charge in [0.05, 0.1) is 6.04 Å². The molecule has 0 saturated carbocycles. The predicted octanol–water partition coefficient (Wildman–Crippen LogP) is 3.47. The second kappa shape index (κ2) is 6.56. The fourth-order valence-electron chi connectivity index (χ4n) is 3.14. The minimum absolute atomic E-state index is 0.125. The van der Waals surface area contributed by atoms with Crippen LogP contribution in [0.3, 0.4) is 0 Å². The first-order chi connectivity index (χ1) is 9.93. The zero-order valence-electron chi connectivity index (χ0n) is 13.3. The number of rotatable bonds is 5. The van der Waals surface area contributed by atoms with Crippen LogP contribution in [0.5, 0.6) is 0 Å². The Labute approximate surface area is 126 Å². The lowest BCUT2D eigenvalue weighted by Gasteiger charge is -2.31. The highest BCUT2D eigenvalue weighted by atomic mass is 19.1. The third-order valence-corrected chi connectivity index (χ3v) is 4.05. The van der Waals surface area contributed by atoms with Crippen LogP contribution in [0.4, 0.5) is 4.39 Å². The van der Waals surface area contributed by atoms with Gasteiger partial charge in [-0.15, -0.1) is 0 Å². The van der Waals surface area contributed by atoms with Gasteiger partial charge in [0, 0.05) is 6.04 Å². The molecule has 0 aliphatic carbocycles. The molecule has 0 radical (unpaired) electrons. The van der Waals surface area contributed by atoms with E-state index in [1.54, 1.807) is 6.07 Å². The van der Waals surface area contributed by atoms with Crippen molar-refractivity contribution in [3.05, 3.63) is 35.6 Å². The van der Waals surface area contributed by atoms with Crippen molar-refractivity contribution in [2.24, 2.45) is 5.92 Å². The summed E-state index contributed by atoms with van der Waals surface area (Å²) in [6.07, 6.45) is 1.46. The first kappa shape index (κ1) is 16.0. The Morgan fingerprint density at radius 2 is 2.05 bits per heavy atom. The summed E-state index contributed by atoms with van der Waals surface area (Å²) < 4.78 is 13.5. The highest BCUT2D eigenvalue weighted by Gasteiger charge is 2.41. The number of carbonyl (C=O) groups excluding carboxylic acids is 1. The second-order valence-corrected chi connectivity index (χ2v) is 6.31. The molecule has 116 valence electrons. The molecule has 0 aromatic heterocycles. The summed E-state index contributed by atoms with van der Waals surface area (Å²) in [5, 5.41) is 3.35. The molecule has 1 aliphatic heterocycles. The predicted molar refractivity (Wildman–Crippen MR) is 82.1 cm³/mol. The molecular formula is C17H25FN2O. The van der Waals surface area contributed by atoms with E-state index >= 15 is 0 Å². The molecule has 3 atom stereocenters. The molecule has 21 heavy (non-hydrogen) atoms. The number of nitrogens with zero attached hydrogens (tertiary/aromatic N) is 1. The van der Waals surface area contributed by atoms with E-state index in [4.69, 9.17) is 0 Å². The molecule has 0 bridgehead atoms. The number of benzene rings is 1. The van der Waals surface area contributed by atoms with Gasteiger partial charge in [0.25, 0.3) is 0 Å². The first-order valence-electron chi connectivity index (χ1n) is 7.77. The van der Waals surface area contributed by atoms with E-state index in [2.05, 4.69) is 26.1 Å². The van der Waals surface area contributed by atoms with E-state index < -0.39 is 0 Å². The molecule has 2 rings (SSSR count). The summed E-state index contributed by atoms with van der Waals surface area (Å²) in [6, 6.07) is 6.47. The van der Waals surface area contributed by atoms with Gasteiger partial charge in [0.1, 0.15) is 12.0 Å². The molecule has 1 aliphatic rings. The zero-order valence-corrected chi connectivity index (χ0v) is 13.3. The first-order valence-corrected chi connectivity index (χ1v) is 7.77. The van der Waals surface area contributed by atoms with E-state index in [9.17, 15) is 9.18 Å². The Bertz CT molecular complexity index is 503. The van der Waals surface area contributed by atoms with E-state index in [0.29, 0.717) is 5.92 Å². The van der Waals surface area contributed by atoms with Gasteiger partial charge in [-0.2, -0.15) is 0 Å². The van der Waals surface area contributed by atoms with Gasteiger partial charge in [-0.25, -0.2) is 4.39 Å². The van der Waals surface area contributed by atoms with Crippen LogP contribution in [0.25, 0.3) is 0 Å². The van der Waals surface area contributed by atoms with Crippen molar-refractivity contribution in [1.82, 2.24) is 10.2 Å². The lowest BCUT2D eigenvalue weighted by molar-refractivity contribution is -0.132. The minimum atomic E-state index is -0.266. The zero-order chi connectivity index (χ0) is 15.6. The number of halogens is 1. The molecule has 1 amide bonds. The minimum Gasteiger partial charge on any atom is -0.319 e. The van der Waals surface area contributed by atoms with Crippen LogP contribution < -0.4 is 5.32 Å². The normalized spacial score (nSPS) is 23.9. The van der Waals surface area contributed by atoms with Gasteiger partial charge in [-0.05, 0) is 43.4 Å². The molecule has 1 aromatic rings. The molecular weight excluding hydrogens is 267 g/mol. The summed E-state index contributed by atoms with van der Waals surface area (Å²) >= 11 is 0. The molecule has 0 spiro atoms. The standard InChI is InChI=1S/C17H25FN2O/c1-5-15-17(21)20(12(4)9-11(2)3)16(19-15)13-7-6-8-14(18)10-13/h6-8,10-12,15-16,19H,5,9H2,1-4H3. The average molecular weight is 292 g/mol. The number of nitrogens with one attached hydrogen (secondary N) is 1. The van der Waals surface area contributed by atoms with E-state index in [-0.39, 0.29) is 30.0 Å². The van der Waals surface area contributed by atoms with Gasteiger partial charge in [-0.1, -0.05) is 32.9 Å². The molecule has 1 aromatic carbocycles. The largest absolute Gasteiger partial charge is 0.319 e. The summed E-state index contributed by atoms with van der Waals surface area (Å²) in [5.41, 5.74) is 0.815. The summed E-state index contributed by atoms with van der Waals surface area (Å²) in [4.78, 5) is 14.5. The van der Waals surface area contributed by atoms with Crippen molar-refractivity contribution in [3.63, 3.8) is 0 Å². The van der Waals surface area contributed by atoms with Crippen molar-refractivity contribution < 1.29 is 9.18 Å². The van der Waals surface area contributed by atoms with Crippen molar-refractivity contribution in [1.29, 1.82) is 0 Å². The van der Waals surface area contributed by atoms with E-state index in [1.165, 1.54) is 12.1 Å². The van der Waals surface area contributed by atoms with Crippen LogP contribution >= 0.6 is 0 Å². The van der Waals surface area contributed by atoms with Crippen LogP contribution in [-0.4, -0.2) is 22.9 Å². The molecule has 3 unspecified atom stereocenters. The number of carbonyl (C=O) groups is 1.